The molecule has 0 aromatic carbocycles. The van der Waals surface area contributed by atoms with Gasteiger partial charge in [0.1, 0.15) is 0 Å². The van der Waals surface area contributed by atoms with Crippen LogP contribution in [0, 0.1) is 0 Å². The standard InChI is InChI=1S/C8H16N2O4/c1-5-13-8(12)10(4)9-7(11)14-6(2)3/h6H,5H2,1-4H3,(H,9,11). The number of amides is 2. The average Bonchev–Trinajstić information content (AvgIpc) is 2.02. The van der Waals surface area contributed by atoms with Crippen LogP contribution < -0.4 is 5.43 Å². The van der Waals surface area contributed by atoms with Gasteiger partial charge in [0.25, 0.3) is 0 Å². The highest BCUT2D eigenvalue weighted by Gasteiger charge is 2.13. The van der Waals surface area contributed by atoms with E-state index in [4.69, 9.17) is 4.74 Å². The third-order valence-electron chi connectivity index (χ3n) is 1.14. The highest BCUT2D eigenvalue weighted by atomic mass is 16.6. The van der Waals surface area contributed by atoms with Gasteiger partial charge in [-0.25, -0.2) is 20.0 Å². The van der Waals surface area contributed by atoms with E-state index in [1.807, 2.05) is 0 Å². The summed E-state index contributed by atoms with van der Waals surface area (Å²) in [6.45, 7) is 5.36. The smallest absolute Gasteiger partial charge is 0.428 e. The minimum Gasteiger partial charge on any atom is -0.449 e. The molecule has 0 rings (SSSR count). The minimum absolute atomic E-state index is 0.231. The Morgan fingerprint density at radius 3 is 2.43 bits per heavy atom. The predicted octanol–water partition coefficient (Wildman–Crippen LogP) is 1.12. The van der Waals surface area contributed by atoms with E-state index in [-0.39, 0.29) is 12.7 Å². The lowest BCUT2D eigenvalue weighted by atomic mass is 10.5. The highest BCUT2D eigenvalue weighted by molar-refractivity contribution is 5.73. The van der Waals surface area contributed by atoms with E-state index in [0.717, 1.165) is 5.01 Å². The van der Waals surface area contributed by atoms with Gasteiger partial charge in [-0.15, -0.1) is 0 Å². The van der Waals surface area contributed by atoms with E-state index in [1.165, 1.54) is 7.05 Å². The zero-order chi connectivity index (χ0) is 11.1. The maximum absolute atomic E-state index is 11.0. The molecule has 0 heterocycles. The first-order valence-electron chi connectivity index (χ1n) is 4.35. The van der Waals surface area contributed by atoms with Crippen molar-refractivity contribution in [2.24, 2.45) is 0 Å². The van der Waals surface area contributed by atoms with Crippen LogP contribution in [-0.4, -0.2) is 37.0 Å². The summed E-state index contributed by atoms with van der Waals surface area (Å²) in [5.41, 5.74) is 2.19. The molecule has 0 aliphatic carbocycles. The molecule has 0 saturated carbocycles. The Morgan fingerprint density at radius 1 is 1.43 bits per heavy atom. The summed E-state index contributed by atoms with van der Waals surface area (Å²) in [7, 11) is 1.37. The monoisotopic (exact) mass is 204 g/mol. The number of rotatable bonds is 2. The third kappa shape index (κ3) is 5.23. The molecule has 14 heavy (non-hydrogen) atoms. The fourth-order valence-corrected chi connectivity index (χ4v) is 0.643. The largest absolute Gasteiger partial charge is 0.449 e. The van der Waals surface area contributed by atoms with Crippen molar-refractivity contribution < 1.29 is 19.1 Å². The maximum Gasteiger partial charge on any atom is 0.428 e. The summed E-state index contributed by atoms with van der Waals surface area (Å²) in [6, 6.07) is 0. The zero-order valence-electron chi connectivity index (χ0n) is 8.86. The molecule has 0 aliphatic rings. The molecule has 0 unspecified atom stereocenters. The SMILES string of the molecule is CCOC(=O)N(C)NC(=O)OC(C)C. The fourth-order valence-electron chi connectivity index (χ4n) is 0.643. The summed E-state index contributed by atoms with van der Waals surface area (Å²) in [4.78, 5) is 22.0. The number of hydrogen-bond donors (Lipinski definition) is 1. The summed E-state index contributed by atoms with van der Waals surface area (Å²) in [5.74, 6) is 0. The van der Waals surface area contributed by atoms with Gasteiger partial charge >= 0.3 is 12.2 Å². The van der Waals surface area contributed by atoms with Crippen LogP contribution in [0.3, 0.4) is 0 Å². The third-order valence-corrected chi connectivity index (χ3v) is 1.14. The molecule has 0 radical (unpaired) electrons. The lowest BCUT2D eigenvalue weighted by Crippen LogP contribution is -2.44. The quantitative estimate of drug-likeness (QED) is 0.684. The van der Waals surface area contributed by atoms with E-state index in [2.05, 4.69) is 10.2 Å². The second kappa shape index (κ2) is 6.06. The average molecular weight is 204 g/mol. The number of carbonyl (C=O) groups excluding carboxylic acids is 2. The van der Waals surface area contributed by atoms with Crippen molar-refractivity contribution in [1.29, 1.82) is 0 Å². The van der Waals surface area contributed by atoms with Gasteiger partial charge in [0.15, 0.2) is 0 Å². The van der Waals surface area contributed by atoms with E-state index in [1.54, 1.807) is 20.8 Å². The van der Waals surface area contributed by atoms with E-state index in [9.17, 15) is 9.59 Å². The number of ether oxygens (including phenoxy) is 2. The Kier molecular flexibility index (Phi) is 5.43. The summed E-state index contributed by atoms with van der Waals surface area (Å²) in [5, 5.41) is 0.925. The van der Waals surface area contributed by atoms with Crippen molar-refractivity contribution in [2.75, 3.05) is 13.7 Å². The van der Waals surface area contributed by atoms with Gasteiger partial charge in [-0.3, -0.25) is 0 Å². The Bertz CT molecular complexity index is 206. The number of nitrogens with one attached hydrogen (secondary N) is 1. The molecular weight excluding hydrogens is 188 g/mol. The molecule has 0 saturated heterocycles. The summed E-state index contributed by atoms with van der Waals surface area (Å²) >= 11 is 0. The number of hydrogen-bond acceptors (Lipinski definition) is 4. The number of hydrazine groups is 1. The zero-order valence-corrected chi connectivity index (χ0v) is 8.86. The lowest BCUT2D eigenvalue weighted by molar-refractivity contribution is 0.0719. The first kappa shape index (κ1) is 12.5. The maximum atomic E-state index is 11.0. The molecule has 82 valence electrons. The normalized spacial score (nSPS) is 9.50. The van der Waals surface area contributed by atoms with Crippen molar-refractivity contribution >= 4 is 12.2 Å². The van der Waals surface area contributed by atoms with Gasteiger partial charge in [-0.2, -0.15) is 0 Å². The lowest BCUT2D eigenvalue weighted by Gasteiger charge is -2.17. The molecule has 0 atom stereocenters. The number of nitrogens with zero attached hydrogens (tertiary/aromatic N) is 1. The minimum atomic E-state index is -0.685. The first-order chi connectivity index (χ1) is 6.47. The molecule has 6 heteroatoms. The fraction of sp³-hybridized carbons (Fsp3) is 0.750. The highest BCUT2D eigenvalue weighted by Crippen LogP contribution is 1.91. The Hall–Kier alpha value is -1.46. The van der Waals surface area contributed by atoms with Crippen LogP contribution in [-0.2, 0) is 9.47 Å². The number of carbonyl (C=O) groups is 2. The van der Waals surface area contributed by atoms with Crippen LogP contribution >= 0.6 is 0 Å². The molecule has 0 fully saturated rings. The Labute approximate surface area is 83.1 Å². The topological polar surface area (TPSA) is 67.9 Å². The van der Waals surface area contributed by atoms with Crippen molar-refractivity contribution in [2.45, 2.75) is 26.9 Å². The molecule has 1 N–H and O–H groups in total. The van der Waals surface area contributed by atoms with E-state index < -0.39 is 12.2 Å². The van der Waals surface area contributed by atoms with Crippen LogP contribution in [0.5, 0.6) is 0 Å². The van der Waals surface area contributed by atoms with Gasteiger partial charge in [0.2, 0.25) is 0 Å². The van der Waals surface area contributed by atoms with Crippen molar-refractivity contribution in [3.05, 3.63) is 0 Å². The molecule has 0 aromatic heterocycles. The Balaban J connectivity index is 3.87. The molecule has 0 aliphatic heterocycles. The summed E-state index contributed by atoms with van der Waals surface area (Å²) < 4.78 is 9.38. The summed E-state index contributed by atoms with van der Waals surface area (Å²) in [6.07, 6.45) is -1.55. The van der Waals surface area contributed by atoms with Crippen LogP contribution in [0.4, 0.5) is 9.59 Å². The van der Waals surface area contributed by atoms with Crippen LogP contribution in [0.15, 0.2) is 0 Å². The van der Waals surface area contributed by atoms with Crippen molar-refractivity contribution in [1.82, 2.24) is 10.4 Å². The molecule has 0 bridgehead atoms. The predicted molar refractivity (Wildman–Crippen MR) is 49.5 cm³/mol. The molecule has 2 amide bonds. The van der Waals surface area contributed by atoms with E-state index >= 15 is 0 Å². The van der Waals surface area contributed by atoms with Gasteiger partial charge < -0.3 is 9.47 Å². The van der Waals surface area contributed by atoms with Crippen molar-refractivity contribution in [3.8, 4) is 0 Å². The molecule has 6 nitrogen and oxygen atoms in total. The first-order valence-corrected chi connectivity index (χ1v) is 4.35. The van der Waals surface area contributed by atoms with E-state index in [0.29, 0.717) is 0 Å². The second-order valence-electron chi connectivity index (χ2n) is 2.82. The molecule has 0 aromatic rings. The van der Waals surface area contributed by atoms with Crippen molar-refractivity contribution in [3.63, 3.8) is 0 Å². The van der Waals surface area contributed by atoms with Gasteiger partial charge in [-0.05, 0) is 20.8 Å². The van der Waals surface area contributed by atoms with Crippen LogP contribution in [0.25, 0.3) is 0 Å². The molecule has 0 spiro atoms. The molecular formula is C8H16N2O4. The van der Waals surface area contributed by atoms with Gasteiger partial charge in [-0.1, -0.05) is 0 Å². The Morgan fingerprint density at radius 2 is 2.00 bits per heavy atom. The second-order valence-corrected chi connectivity index (χ2v) is 2.82. The van der Waals surface area contributed by atoms with Crippen LogP contribution in [0.1, 0.15) is 20.8 Å². The van der Waals surface area contributed by atoms with Crippen LogP contribution in [0.2, 0.25) is 0 Å². The van der Waals surface area contributed by atoms with Gasteiger partial charge in [0, 0.05) is 7.05 Å². The van der Waals surface area contributed by atoms with Gasteiger partial charge in [0.05, 0.1) is 12.7 Å².